The van der Waals surface area contributed by atoms with Gasteiger partial charge in [0.05, 0.1) is 28.6 Å². The molecule has 1 N–H and O–H groups in total. The second-order valence-electron chi connectivity index (χ2n) is 8.71. The summed E-state index contributed by atoms with van der Waals surface area (Å²) in [5.74, 6) is -0.348. The average molecular weight is 535 g/mol. The van der Waals surface area contributed by atoms with Crippen molar-refractivity contribution in [2.45, 2.75) is 25.7 Å². The monoisotopic (exact) mass is 534 g/mol. The van der Waals surface area contributed by atoms with Gasteiger partial charge in [-0.3, -0.25) is 18.6 Å². The van der Waals surface area contributed by atoms with Gasteiger partial charge >= 0.3 is 0 Å². The van der Waals surface area contributed by atoms with Crippen molar-refractivity contribution in [1.82, 2.24) is 9.36 Å². The standard InChI is InChI=1S/C28H30N4O5S/c1-5-37-25-14-10-9-13-24(25)31(38(35,36)23-17-15-20(2)16-18-23)19-26(33)29-27-21(3)30(4)32(28(27)34)22-11-7-6-8-12-22/h6-18H,5,19H2,1-4H3,(H,29,33). The van der Waals surface area contributed by atoms with E-state index >= 15 is 0 Å². The number of hydrogen-bond acceptors (Lipinski definition) is 5. The molecular formula is C28H30N4O5S. The van der Waals surface area contributed by atoms with Gasteiger partial charge in [0, 0.05) is 7.05 Å². The number of anilines is 2. The van der Waals surface area contributed by atoms with Gasteiger partial charge in [-0.15, -0.1) is 0 Å². The van der Waals surface area contributed by atoms with Gasteiger partial charge in [0.1, 0.15) is 18.0 Å². The molecule has 0 unspecified atom stereocenters. The Labute approximate surface area is 221 Å². The zero-order chi connectivity index (χ0) is 27.4. The molecule has 9 nitrogen and oxygen atoms in total. The van der Waals surface area contributed by atoms with E-state index in [1.54, 1.807) is 74.1 Å². The van der Waals surface area contributed by atoms with Gasteiger partial charge in [-0.25, -0.2) is 13.1 Å². The predicted molar refractivity (Wildman–Crippen MR) is 148 cm³/mol. The Hall–Kier alpha value is -4.31. The van der Waals surface area contributed by atoms with Crippen LogP contribution in [0.5, 0.6) is 5.75 Å². The van der Waals surface area contributed by atoms with Gasteiger partial charge in [-0.2, -0.15) is 0 Å². The van der Waals surface area contributed by atoms with Crippen molar-refractivity contribution in [1.29, 1.82) is 0 Å². The molecule has 1 heterocycles. The van der Waals surface area contributed by atoms with E-state index in [-0.39, 0.29) is 16.3 Å². The van der Waals surface area contributed by atoms with Crippen LogP contribution in [-0.4, -0.2) is 36.8 Å². The lowest BCUT2D eigenvalue weighted by Crippen LogP contribution is -2.39. The van der Waals surface area contributed by atoms with Crippen molar-refractivity contribution in [2.75, 3.05) is 22.8 Å². The van der Waals surface area contributed by atoms with E-state index in [1.807, 2.05) is 25.1 Å². The molecule has 0 saturated heterocycles. The van der Waals surface area contributed by atoms with E-state index in [2.05, 4.69) is 5.32 Å². The number of aryl methyl sites for hydroxylation is 1. The first-order chi connectivity index (χ1) is 18.1. The lowest BCUT2D eigenvalue weighted by atomic mass is 10.2. The molecular weight excluding hydrogens is 504 g/mol. The molecule has 0 atom stereocenters. The number of aromatic nitrogens is 2. The molecule has 0 aliphatic heterocycles. The van der Waals surface area contributed by atoms with E-state index in [0.717, 1.165) is 9.87 Å². The Bertz CT molecular complexity index is 1610. The molecule has 10 heteroatoms. The minimum absolute atomic E-state index is 0.0320. The number of carbonyl (C=O) groups excluding carboxylic acids is 1. The first-order valence-electron chi connectivity index (χ1n) is 12.1. The zero-order valence-electron chi connectivity index (χ0n) is 21.7. The highest BCUT2D eigenvalue weighted by atomic mass is 32.2. The summed E-state index contributed by atoms with van der Waals surface area (Å²) in [6.07, 6.45) is 0. The van der Waals surface area contributed by atoms with Crippen LogP contribution in [0.2, 0.25) is 0 Å². The van der Waals surface area contributed by atoms with Crippen LogP contribution < -0.4 is 19.9 Å². The summed E-state index contributed by atoms with van der Waals surface area (Å²) in [5.41, 5.74) is 1.93. The van der Waals surface area contributed by atoms with Crippen LogP contribution in [0.1, 0.15) is 18.2 Å². The summed E-state index contributed by atoms with van der Waals surface area (Å²) in [6, 6.07) is 22.1. The van der Waals surface area contributed by atoms with Gasteiger partial charge in [0.15, 0.2) is 0 Å². The van der Waals surface area contributed by atoms with Crippen molar-refractivity contribution < 1.29 is 17.9 Å². The number of amides is 1. The fraction of sp³-hybridized carbons (Fsp3) is 0.214. The molecule has 4 aromatic rings. The van der Waals surface area contributed by atoms with Gasteiger partial charge in [-0.05, 0) is 57.2 Å². The minimum atomic E-state index is -4.16. The highest BCUT2D eigenvalue weighted by Gasteiger charge is 2.30. The smallest absolute Gasteiger partial charge is 0.295 e. The van der Waals surface area contributed by atoms with E-state index in [1.165, 1.54) is 16.8 Å². The summed E-state index contributed by atoms with van der Waals surface area (Å²) in [4.78, 5) is 26.6. The van der Waals surface area contributed by atoms with E-state index in [0.29, 0.717) is 23.7 Å². The molecule has 198 valence electrons. The minimum Gasteiger partial charge on any atom is -0.492 e. The Balaban J connectivity index is 1.73. The van der Waals surface area contributed by atoms with Crippen molar-refractivity contribution >= 4 is 27.3 Å². The van der Waals surface area contributed by atoms with Crippen molar-refractivity contribution in [3.63, 3.8) is 0 Å². The molecule has 0 radical (unpaired) electrons. The number of benzene rings is 3. The van der Waals surface area contributed by atoms with Crippen LogP contribution in [0.15, 0.2) is 88.6 Å². The normalized spacial score (nSPS) is 11.3. The maximum Gasteiger partial charge on any atom is 0.295 e. The number of sulfonamides is 1. The zero-order valence-corrected chi connectivity index (χ0v) is 22.5. The van der Waals surface area contributed by atoms with Gasteiger partial charge < -0.3 is 10.1 Å². The highest BCUT2D eigenvalue weighted by molar-refractivity contribution is 7.92. The van der Waals surface area contributed by atoms with E-state index in [9.17, 15) is 18.0 Å². The molecule has 0 saturated carbocycles. The Morgan fingerprint density at radius 1 is 0.947 bits per heavy atom. The predicted octanol–water partition coefficient (Wildman–Crippen LogP) is 4.03. The number of para-hydroxylation sites is 3. The fourth-order valence-corrected chi connectivity index (χ4v) is 5.53. The quantitative estimate of drug-likeness (QED) is 0.349. The molecule has 0 spiro atoms. The second kappa shape index (κ2) is 11.0. The summed E-state index contributed by atoms with van der Waals surface area (Å²) < 4.78 is 37.3. The fourth-order valence-electron chi connectivity index (χ4n) is 4.10. The number of nitrogens with zero attached hydrogens (tertiary/aromatic N) is 3. The van der Waals surface area contributed by atoms with Crippen LogP contribution in [0.3, 0.4) is 0 Å². The number of hydrogen-bond donors (Lipinski definition) is 1. The molecule has 3 aromatic carbocycles. The number of carbonyl (C=O) groups is 1. The summed E-state index contributed by atoms with van der Waals surface area (Å²) in [7, 11) is -2.45. The third-order valence-corrected chi connectivity index (χ3v) is 7.92. The van der Waals surface area contributed by atoms with E-state index in [4.69, 9.17) is 4.74 Å². The first kappa shape index (κ1) is 26.7. The molecule has 0 aliphatic carbocycles. The summed E-state index contributed by atoms with van der Waals surface area (Å²) in [5, 5.41) is 2.65. The van der Waals surface area contributed by atoms with Crippen LogP contribution in [0, 0.1) is 13.8 Å². The van der Waals surface area contributed by atoms with Crippen molar-refractivity contribution in [3.8, 4) is 11.4 Å². The molecule has 38 heavy (non-hydrogen) atoms. The maximum atomic E-state index is 13.8. The first-order valence-corrected chi connectivity index (χ1v) is 13.5. The molecule has 1 aromatic heterocycles. The second-order valence-corrected chi connectivity index (χ2v) is 10.6. The average Bonchev–Trinajstić information content (AvgIpc) is 3.11. The van der Waals surface area contributed by atoms with Crippen LogP contribution in [-0.2, 0) is 21.9 Å². The topological polar surface area (TPSA) is 103 Å². The third kappa shape index (κ3) is 5.21. The molecule has 0 bridgehead atoms. The summed E-state index contributed by atoms with van der Waals surface area (Å²) >= 11 is 0. The van der Waals surface area contributed by atoms with Gasteiger partial charge in [0.25, 0.3) is 15.6 Å². The molecule has 1 amide bonds. The molecule has 0 aliphatic rings. The Kier molecular flexibility index (Phi) is 7.72. The van der Waals surface area contributed by atoms with Crippen LogP contribution >= 0.6 is 0 Å². The lowest BCUT2D eigenvalue weighted by molar-refractivity contribution is -0.114. The molecule has 4 rings (SSSR count). The SMILES string of the molecule is CCOc1ccccc1N(CC(=O)Nc1c(C)n(C)n(-c2ccccc2)c1=O)S(=O)(=O)c1ccc(C)cc1. The number of nitrogens with one attached hydrogen (secondary N) is 1. The number of ether oxygens (including phenoxy) is 1. The Morgan fingerprint density at radius 2 is 1.58 bits per heavy atom. The van der Waals surface area contributed by atoms with E-state index < -0.39 is 28.0 Å². The van der Waals surface area contributed by atoms with Crippen LogP contribution in [0.25, 0.3) is 5.69 Å². The number of rotatable bonds is 9. The third-order valence-electron chi connectivity index (χ3n) is 6.15. The maximum absolute atomic E-state index is 13.8. The van der Waals surface area contributed by atoms with Crippen molar-refractivity contribution in [3.05, 3.63) is 100 Å². The summed E-state index contributed by atoms with van der Waals surface area (Å²) in [6.45, 7) is 5.10. The lowest BCUT2D eigenvalue weighted by Gasteiger charge is -2.26. The Morgan fingerprint density at radius 3 is 2.24 bits per heavy atom. The van der Waals surface area contributed by atoms with Gasteiger partial charge in [-0.1, -0.05) is 48.0 Å². The van der Waals surface area contributed by atoms with Crippen LogP contribution in [0.4, 0.5) is 11.4 Å². The van der Waals surface area contributed by atoms with Gasteiger partial charge in [0.2, 0.25) is 5.91 Å². The van der Waals surface area contributed by atoms with Crippen molar-refractivity contribution in [2.24, 2.45) is 7.05 Å². The highest BCUT2D eigenvalue weighted by Crippen LogP contribution is 2.32. The molecule has 0 fully saturated rings. The largest absolute Gasteiger partial charge is 0.492 e.